The summed E-state index contributed by atoms with van der Waals surface area (Å²) in [4.78, 5) is 14.3. The topological polar surface area (TPSA) is 73.3 Å². The third-order valence-corrected chi connectivity index (χ3v) is 5.12. The summed E-state index contributed by atoms with van der Waals surface area (Å²) < 4.78 is 0. The number of halogens is 1. The van der Waals surface area contributed by atoms with Gasteiger partial charge < -0.3 is 15.2 Å². The average Bonchev–Trinajstić information content (AvgIpc) is 2.94. The Bertz CT molecular complexity index is 924. The van der Waals surface area contributed by atoms with Crippen LogP contribution >= 0.6 is 11.6 Å². The van der Waals surface area contributed by atoms with E-state index in [4.69, 9.17) is 11.6 Å². The molecule has 1 saturated carbocycles. The number of aliphatic hydroxyl groups excluding tert-OH is 1. The van der Waals surface area contributed by atoms with E-state index in [0.29, 0.717) is 21.8 Å². The van der Waals surface area contributed by atoms with Gasteiger partial charge in [0.1, 0.15) is 0 Å². The zero-order valence-electron chi connectivity index (χ0n) is 12.8. The highest BCUT2D eigenvalue weighted by Gasteiger charge is 2.28. The molecule has 122 valence electrons. The first-order valence-electron chi connectivity index (χ1n) is 7.85. The summed E-state index contributed by atoms with van der Waals surface area (Å²) in [7, 11) is 0. The molecular weight excluding hydrogens is 326 g/mol. The molecule has 0 saturated heterocycles. The van der Waals surface area contributed by atoms with Crippen LogP contribution in [0.3, 0.4) is 0 Å². The second kappa shape index (κ2) is 5.65. The number of rotatable bonds is 3. The molecule has 3 aromatic rings. The number of aromatic amines is 1. The Labute approximate surface area is 143 Å². The molecular formula is C19H16ClNO3. The summed E-state index contributed by atoms with van der Waals surface area (Å²) in [6.45, 7) is 0. The number of aliphatic hydroxyl groups is 1. The van der Waals surface area contributed by atoms with Crippen LogP contribution in [0.15, 0.2) is 42.6 Å². The van der Waals surface area contributed by atoms with Crippen LogP contribution in [-0.2, 0) is 0 Å². The SMILES string of the molecule is O=C(O)c1c[nH]c2cc(Cl)c(-c3ccc(C4CC(O)C4)cc3)cc12. The predicted octanol–water partition coefficient (Wildman–Crippen LogP) is 4.42. The molecule has 24 heavy (non-hydrogen) atoms. The fourth-order valence-electron chi connectivity index (χ4n) is 3.34. The van der Waals surface area contributed by atoms with E-state index in [1.54, 1.807) is 6.07 Å². The molecule has 0 amide bonds. The molecule has 1 aliphatic carbocycles. The summed E-state index contributed by atoms with van der Waals surface area (Å²) in [5.41, 5.74) is 3.92. The lowest BCUT2D eigenvalue weighted by Gasteiger charge is -2.31. The number of nitrogens with one attached hydrogen (secondary N) is 1. The van der Waals surface area contributed by atoms with E-state index in [1.807, 2.05) is 18.2 Å². The Morgan fingerprint density at radius 3 is 2.50 bits per heavy atom. The van der Waals surface area contributed by atoms with Crippen molar-refractivity contribution >= 4 is 28.5 Å². The average molecular weight is 342 g/mol. The van der Waals surface area contributed by atoms with Crippen molar-refractivity contribution in [2.75, 3.05) is 0 Å². The van der Waals surface area contributed by atoms with Gasteiger partial charge in [0.15, 0.2) is 0 Å². The Kier molecular flexibility index (Phi) is 3.59. The molecule has 1 fully saturated rings. The molecule has 5 heteroatoms. The van der Waals surface area contributed by atoms with Gasteiger partial charge in [-0.2, -0.15) is 0 Å². The second-order valence-corrected chi connectivity index (χ2v) is 6.74. The lowest BCUT2D eigenvalue weighted by atomic mass is 9.77. The normalized spacial score (nSPS) is 20.1. The van der Waals surface area contributed by atoms with E-state index >= 15 is 0 Å². The third kappa shape index (κ3) is 2.48. The highest BCUT2D eigenvalue weighted by Crippen LogP contribution is 2.38. The number of aromatic nitrogens is 1. The quantitative estimate of drug-likeness (QED) is 0.660. The standard InChI is InChI=1S/C19H16ClNO3/c20-17-8-18-15(16(9-21-18)19(23)24)7-14(17)11-3-1-10(2-4-11)12-5-13(22)6-12/h1-4,7-9,12-13,21-22H,5-6H2,(H,23,24). The van der Waals surface area contributed by atoms with Crippen LogP contribution in [0.2, 0.25) is 5.02 Å². The van der Waals surface area contributed by atoms with Crippen molar-refractivity contribution in [3.63, 3.8) is 0 Å². The van der Waals surface area contributed by atoms with Crippen molar-refractivity contribution in [1.29, 1.82) is 0 Å². The van der Waals surface area contributed by atoms with E-state index in [0.717, 1.165) is 24.0 Å². The van der Waals surface area contributed by atoms with Crippen molar-refractivity contribution in [1.82, 2.24) is 4.98 Å². The van der Waals surface area contributed by atoms with Gasteiger partial charge in [0.2, 0.25) is 0 Å². The van der Waals surface area contributed by atoms with Crippen LogP contribution in [0.5, 0.6) is 0 Å². The Morgan fingerprint density at radius 2 is 1.88 bits per heavy atom. The molecule has 4 rings (SSSR count). The summed E-state index contributed by atoms with van der Waals surface area (Å²) in [6.07, 6.45) is 2.95. The highest BCUT2D eigenvalue weighted by atomic mass is 35.5. The number of carbonyl (C=O) groups is 1. The van der Waals surface area contributed by atoms with E-state index in [9.17, 15) is 15.0 Å². The zero-order valence-corrected chi connectivity index (χ0v) is 13.5. The van der Waals surface area contributed by atoms with Gasteiger partial charge in [0, 0.05) is 22.7 Å². The molecule has 0 bridgehead atoms. The molecule has 0 atom stereocenters. The van der Waals surface area contributed by atoms with E-state index in [-0.39, 0.29) is 11.7 Å². The number of H-pyrrole nitrogens is 1. The number of benzene rings is 2. The molecule has 1 heterocycles. The smallest absolute Gasteiger partial charge is 0.337 e. The largest absolute Gasteiger partial charge is 0.478 e. The van der Waals surface area contributed by atoms with Crippen molar-refractivity contribution < 1.29 is 15.0 Å². The summed E-state index contributed by atoms with van der Waals surface area (Å²) in [6, 6.07) is 11.7. The van der Waals surface area contributed by atoms with Gasteiger partial charge in [-0.3, -0.25) is 0 Å². The summed E-state index contributed by atoms with van der Waals surface area (Å²) in [5.74, 6) is -0.538. The van der Waals surface area contributed by atoms with Gasteiger partial charge in [-0.1, -0.05) is 35.9 Å². The van der Waals surface area contributed by atoms with Crippen LogP contribution in [0.25, 0.3) is 22.0 Å². The zero-order chi connectivity index (χ0) is 16.8. The van der Waals surface area contributed by atoms with Crippen molar-refractivity contribution in [3.8, 4) is 11.1 Å². The fourth-order valence-corrected chi connectivity index (χ4v) is 3.61. The summed E-state index contributed by atoms with van der Waals surface area (Å²) in [5, 5.41) is 19.9. The highest BCUT2D eigenvalue weighted by molar-refractivity contribution is 6.34. The van der Waals surface area contributed by atoms with Crippen molar-refractivity contribution in [3.05, 3.63) is 58.7 Å². The Hall–Kier alpha value is -2.30. The van der Waals surface area contributed by atoms with Crippen LogP contribution in [0, 0.1) is 0 Å². The lowest BCUT2D eigenvalue weighted by molar-refractivity contribution is 0.0698. The van der Waals surface area contributed by atoms with Gasteiger partial charge in [-0.15, -0.1) is 0 Å². The van der Waals surface area contributed by atoms with Gasteiger partial charge >= 0.3 is 5.97 Å². The Balaban J connectivity index is 1.73. The summed E-state index contributed by atoms with van der Waals surface area (Å²) >= 11 is 6.39. The van der Waals surface area contributed by atoms with Gasteiger partial charge in [-0.25, -0.2) is 4.79 Å². The minimum Gasteiger partial charge on any atom is -0.478 e. The maximum absolute atomic E-state index is 11.3. The first kappa shape index (κ1) is 15.2. The molecule has 1 aromatic heterocycles. The minimum atomic E-state index is -0.964. The van der Waals surface area contributed by atoms with Gasteiger partial charge in [-0.05, 0) is 42.0 Å². The number of carboxylic acid groups (broad SMARTS) is 1. The number of aromatic carboxylic acids is 1. The van der Waals surface area contributed by atoms with Crippen LogP contribution in [-0.4, -0.2) is 27.3 Å². The molecule has 3 N–H and O–H groups in total. The lowest BCUT2D eigenvalue weighted by Crippen LogP contribution is -2.26. The number of fused-ring (bicyclic) bond motifs is 1. The first-order valence-corrected chi connectivity index (χ1v) is 8.23. The molecule has 4 nitrogen and oxygen atoms in total. The van der Waals surface area contributed by atoms with Crippen LogP contribution in [0.4, 0.5) is 0 Å². The monoisotopic (exact) mass is 341 g/mol. The molecule has 0 radical (unpaired) electrons. The van der Waals surface area contributed by atoms with Crippen molar-refractivity contribution in [2.45, 2.75) is 24.9 Å². The van der Waals surface area contributed by atoms with Crippen molar-refractivity contribution in [2.24, 2.45) is 0 Å². The maximum atomic E-state index is 11.3. The van der Waals surface area contributed by atoms with E-state index < -0.39 is 5.97 Å². The second-order valence-electron chi connectivity index (χ2n) is 6.33. The molecule has 0 spiro atoms. The number of carboxylic acids is 1. The third-order valence-electron chi connectivity index (χ3n) is 4.81. The minimum absolute atomic E-state index is 0.172. The number of hydrogen-bond donors (Lipinski definition) is 3. The van der Waals surface area contributed by atoms with Crippen LogP contribution < -0.4 is 0 Å². The van der Waals surface area contributed by atoms with Crippen LogP contribution in [0.1, 0.15) is 34.7 Å². The Morgan fingerprint density at radius 1 is 1.17 bits per heavy atom. The predicted molar refractivity (Wildman–Crippen MR) is 93.7 cm³/mol. The molecule has 0 aliphatic heterocycles. The number of hydrogen-bond acceptors (Lipinski definition) is 2. The molecule has 2 aromatic carbocycles. The van der Waals surface area contributed by atoms with Gasteiger partial charge in [0.05, 0.1) is 16.7 Å². The molecule has 0 unspecified atom stereocenters. The maximum Gasteiger partial charge on any atom is 0.337 e. The van der Waals surface area contributed by atoms with E-state index in [1.165, 1.54) is 11.8 Å². The van der Waals surface area contributed by atoms with E-state index in [2.05, 4.69) is 17.1 Å². The molecule has 1 aliphatic rings. The fraction of sp³-hybridized carbons (Fsp3) is 0.211. The first-order chi connectivity index (χ1) is 11.5. The van der Waals surface area contributed by atoms with Gasteiger partial charge in [0.25, 0.3) is 0 Å².